The summed E-state index contributed by atoms with van der Waals surface area (Å²) in [5.41, 5.74) is 30.1. The molecule has 0 saturated carbocycles. The summed E-state index contributed by atoms with van der Waals surface area (Å²) in [5.74, 6) is 3.20. The van der Waals surface area contributed by atoms with Gasteiger partial charge in [-0.3, -0.25) is 0 Å². The third-order valence-corrected chi connectivity index (χ3v) is 10.6. The second-order valence-corrected chi connectivity index (χ2v) is 22.1. The van der Waals surface area contributed by atoms with Crippen LogP contribution in [-0.4, -0.2) is 66.0 Å². The second kappa shape index (κ2) is 22.3. The van der Waals surface area contributed by atoms with Gasteiger partial charge in [0.2, 0.25) is 17.8 Å². The van der Waals surface area contributed by atoms with Gasteiger partial charge in [0.25, 0.3) is 0 Å². The molecular weight excluding hydrogens is 833 g/mol. The van der Waals surface area contributed by atoms with Crippen LogP contribution in [0.4, 0.5) is 17.8 Å². The monoisotopic (exact) mass is 915 g/mol. The van der Waals surface area contributed by atoms with Crippen molar-refractivity contribution in [3.8, 4) is 5.75 Å². The standard InChI is InChI=1S/C17H23N3.C16H23N3O.C12H21N3.C9H15N3/c1-11-6-8-13(9-7-11)10-14-12(2)19-16(18)20-15(14)17(3,4)5;1-16(2,3)15-12-8-7-11(20-6)9-13(12)17-14(18-15)10-19(4)5;1-7(2)9-8(3)14-11(13)15-10(9)12(4,5)6;1-6-5-7(9(2,3)4)12-8(10)11-6/h6-9H,10H2,1-5H3,(H2,18,19,20);7-9H,10H2,1-6H3;7H,1-6H3,(H2,13,14,15);5H,1-4H3,(H2,10,11,12). The highest BCUT2D eigenvalue weighted by atomic mass is 16.5. The van der Waals surface area contributed by atoms with E-state index in [-0.39, 0.29) is 21.7 Å². The predicted molar refractivity (Wildman–Crippen MR) is 280 cm³/mol. The molecule has 0 aliphatic heterocycles. The molecular formula is C54H82N12O. The van der Waals surface area contributed by atoms with E-state index in [9.17, 15) is 0 Å². The number of nitrogens with two attached hydrogens (primary N) is 3. The van der Waals surface area contributed by atoms with Crippen LogP contribution in [0.15, 0.2) is 48.5 Å². The summed E-state index contributed by atoms with van der Waals surface area (Å²) in [6.07, 6.45) is 0.846. The van der Waals surface area contributed by atoms with E-state index in [1.807, 2.05) is 59.1 Å². The van der Waals surface area contributed by atoms with Crippen molar-refractivity contribution in [2.24, 2.45) is 0 Å². The van der Waals surface area contributed by atoms with Crippen LogP contribution in [0, 0.1) is 27.7 Å². The SMILES string of the molecule is COc1ccc2c(C(C)(C)C)nc(CN(C)C)nc2c1.Cc1cc(C(C)(C)C)nc(N)n1.Cc1ccc(Cc2c(C)nc(N)nc2C(C)(C)C)cc1.Cc1nc(N)nc(C(C)(C)C)c1C(C)C. The van der Waals surface area contributed by atoms with Gasteiger partial charge in [0.1, 0.15) is 11.6 Å². The van der Waals surface area contributed by atoms with E-state index in [2.05, 4.69) is 168 Å². The quantitative estimate of drug-likeness (QED) is 0.143. The van der Waals surface area contributed by atoms with Crippen LogP contribution in [-0.2, 0) is 34.6 Å². The highest BCUT2D eigenvalue weighted by Crippen LogP contribution is 2.32. The van der Waals surface area contributed by atoms with Crippen LogP contribution < -0.4 is 21.9 Å². The molecule has 0 spiro atoms. The molecule has 0 bridgehead atoms. The Bertz CT molecular complexity index is 2550. The topological polar surface area (TPSA) is 194 Å². The van der Waals surface area contributed by atoms with Gasteiger partial charge in [-0.1, -0.05) is 127 Å². The Morgan fingerprint density at radius 3 is 1.57 bits per heavy atom. The van der Waals surface area contributed by atoms with Crippen molar-refractivity contribution in [2.45, 2.75) is 165 Å². The summed E-state index contributed by atoms with van der Waals surface area (Å²) in [5, 5.41) is 1.10. The van der Waals surface area contributed by atoms with Crippen molar-refractivity contribution in [1.82, 2.24) is 44.8 Å². The van der Waals surface area contributed by atoms with Crippen LogP contribution in [0.1, 0.15) is 171 Å². The number of methoxy groups -OCH3 is 1. The third kappa shape index (κ3) is 16.5. The molecule has 0 aliphatic rings. The highest BCUT2D eigenvalue weighted by molar-refractivity contribution is 5.83. The van der Waals surface area contributed by atoms with Crippen LogP contribution in [0.25, 0.3) is 10.9 Å². The van der Waals surface area contributed by atoms with Gasteiger partial charge in [0.15, 0.2) is 0 Å². The lowest BCUT2D eigenvalue weighted by atomic mass is 9.84. The average molecular weight is 915 g/mol. The molecule has 0 saturated heterocycles. The first kappa shape index (κ1) is 55.5. The minimum atomic E-state index is -0.0398. The maximum atomic E-state index is 5.82. The molecule has 13 nitrogen and oxygen atoms in total. The fraction of sp³-hybridized carbons (Fsp3) is 0.519. The van der Waals surface area contributed by atoms with E-state index in [0.717, 1.165) is 75.3 Å². The van der Waals surface area contributed by atoms with Gasteiger partial charge >= 0.3 is 0 Å². The number of fused-ring (bicyclic) bond motifs is 1. The number of aromatic nitrogens is 8. The Labute approximate surface area is 402 Å². The van der Waals surface area contributed by atoms with E-state index < -0.39 is 0 Å². The largest absolute Gasteiger partial charge is 0.497 e. The van der Waals surface area contributed by atoms with Crippen molar-refractivity contribution >= 4 is 28.7 Å². The molecule has 0 radical (unpaired) electrons. The Morgan fingerprint density at radius 2 is 1.09 bits per heavy atom. The number of nitrogen functional groups attached to an aromatic ring is 3. The van der Waals surface area contributed by atoms with Crippen molar-refractivity contribution in [3.05, 3.63) is 116 Å². The Kier molecular flexibility index (Phi) is 18.5. The maximum Gasteiger partial charge on any atom is 0.220 e. The number of hydrogen-bond acceptors (Lipinski definition) is 13. The van der Waals surface area contributed by atoms with Crippen LogP contribution in [0.3, 0.4) is 0 Å². The summed E-state index contributed by atoms with van der Waals surface area (Å²) >= 11 is 0. The van der Waals surface area contributed by atoms with Crippen molar-refractivity contribution < 1.29 is 4.74 Å². The summed E-state index contributed by atoms with van der Waals surface area (Å²) in [6.45, 7) is 38.9. The number of ether oxygens (including phenoxy) is 1. The van der Waals surface area contributed by atoms with Crippen molar-refractivity contribution in [2.75, 3.05) is 38.4 Å². The fourth-order valence-corrected chi connectivity index (χ4v) is 7.41. The van der Waals surface area contributed by atoms with Gasteiger partial charge < -0.3 is 26.8 Å². The molecule has 0 unspecified atom stereocenters. The Morgan fingerprint density at radius 1 is 0.567 bits per heavy atom. The molecule has 0 aliphatic carbocycles. The molecule has 6 aromatic rings. The van der Waals surface area contributed by atoms with Gasteiger partial charge in [-0.15, -0.1) is 0 Å². The van der Waals surface area contributed by atoms with Crippen molar-refractivity contribution in [1.29, 1.82) is 0 Å². The van der Waals surface area contributed by atoms with E-state index in [1.54, 1.807) is 7.11 Å². The number of nitrogens with zero attached hydrogens (tertiary/aromatic N) is 9. The number of hydrogen-bond donors (Lipinski definition) is 3. The minimum absolute atomic E-state index is 0.0153. The summed E-state index contributed by atoms with van der Waals surface area (Å²) in [4.78, 5) is 37.1. The molecule has 0 amide bonds. The Balaban J connectivity index is 0.000000242. The molecule has 6 rings (SSSR count). The molecule has 0 atom stereocenters. The lowest BCUT2D eigenvalue weighted by molar-refractivity contribution is 0.388. The van der Waals surface area contributed by atoms with Gasteiger partial charge in [0.05, 0.1) is 41.9 Å². The molecule has 4 aromatic heterocycles. The van der Waals surface area contributed by atoms with E-state index >= 15 is 0 Å². The van der Waals surface area contributed by atoms with Crippen LogP contribution in [0.5, 0.6) is 5.75 Å². The van der Waals surface area contributed by atoms with Gasteiger partial charge in [-0.05, 0) is 82.6 Å². The smallest absolute Gasteiger partial charge is 0.220 e. The normalized spacial score (nSPS) is 11.9. The number of rotatable bonds is 6. The van der Waals surface area contributed by atoms with Gasteiger partial charge in [-0.2, -0.15) is 0 Å². The molecule has 4 heterocycles. The lowest BCUT2D eigenvalue weighted by Gasteiger charge is -2.24. The van der Waals surface area contributed by atoms with Gasteiger partial charge in [0, 0.05) is 56.6 Å². The van der Waals surface area contributed by atoms with E-state index in [1.165, 1.54) is 22.3 Å². The zero-order valence-electron chi connectivity index (χ0n) is 44.8. The van der Waals surface area contributed by atoms with E-state index in [4.69, 9.17) is 26.9 Å². The lowest BCUT2D eigenvalue weighted by Crippen LogP contribution is -2.20. The zero-order valence-corrected chi connectivity index (χ0v) is 44.8. The maximum absolute atomic E-state index is 5.82. The predicted octanol–water partition coefficient (Wildman–Crippen LogP) is 11.0. The average Bonchev–Trinajstić information content (AvgIpc) is 3.17. The first-order valence-corrected chi connectivity index (χ1v) is 23.2. The van der Waals surface area contributed by atoms with E-state index in [0.29, 0.717) is 23.8 Å². The van der Waals surface area contributed by atoms with Crippen LogP contribution in [0.2, 0.25) is 0 Å². The molecule has 6 N–H and O–H groups in total. The molecule has 2 aromatic carbocycles. The molecule has 67 heavy (non-hydrogen) atoms. The third-order valence-electron chi connectivity index (χ3n) is 10.6. The summed E-state index contributed by atoms with van der Waals surface area (Å²) in [6, 6.07) is 16.6. The first-order chi connectivity index (χ1) is 30.7. The van der Waals surface area contributed by atoms with Crippen molar-refractivity contribution in [3.63, 3.8) is 0 Å². The fourth-order valence-electron chi connectivity index (χ4n) is 7.41. The number of anilines is 3. The molecule has 13 heteroatoms. The minimum Gasteiger partial charge on any atom is -0.497 e. The Hall–Kier alpha value is -5.82. The zero-order chi connectivity index (χ0) is 51.0. The van der Waals surface area contributed by atoms with Crippen LogP contribution >= 0.6 is 0 Å². The summed E-state index contributed by atoms with van der Waals surface area (Å²) < 4.78 is 5.30. The molecule has 364 valence electrons. The van der Waals surface area contributed by atoms with Gasteiger partial charge in [-0.25, -0.2) is 39.9 Å². The highest BCUT2D eigenvalue weighted by Gasteiger charge is 2.25. The number of benzene rings is 2. The first-order valence-electron chi connectivity index (χ1n) is 23.2. The number of aryl methyl sites for hydroxylation is 4. The summed E-state index contributed by atoms with van der Waals surface area (Å²) in [7, 11) is 5.72. The molecule has 0 fully saturated rings. The second-order valence-electron chi connectivity index (χ2n) is 22.1.